The van der Waals surface area contributed by atoms with Gasteiger partial charge in [0.05, 0.1) is 11.5 Å². The lowest BCUT2D eigenvalue weighted by atomic mass is 10.1. The molecule has 0 radical (unpaired) electrons. The number of rotatable bonds is 13. The summed E-state index contributed by atoms with van der Waals surface area (Å²) in [7, 11) is -4.48. The first-order valence-corrected chi connectivity index (χ1v) is 14.6. The Bertz CT molecular complexity index is 1550. The molecular formula is C31H31N3O7S. The SMILES string of the molecule is O=C(NO)[C@@H](CCN(Cc1ccccc1)C(=O)O)N(OCc1ccccc1)S(=O)(=O)c1ccc(-c2ccccc2)cc1. The summed E-state index contributed by atoms with van der Waals surface area (Å²) in [5.41, 5.74) is 4.54. The van der Waals surface area contributed by atoms with E-state index in [0.717, 1.165) is 16.0 Å². The molecule has 4 aromatic carbocycles. The van der Waals surface area contributed by atoms with E-state index in [2.05, 4.69) is 0 Å². The van der Waals surface area contributed by atoms with Gasteiger partial charge in [-0.2, -0.15) is 0 Å². The van der Waals surface area contributed by atoms with E-state index in [1.54, 1.807) is 72.8 Å². The monoisotopic (exact) mass is 589 g/mol. The first-order chi connectivity index (χ1) is 20.3. The Morgan fingerprint density at radius 1 is 0.762 bits per heavy atom. The number of hydrogen-bond donors (Lipinski definition) is 3. The molecule has 0 saturated carbocycles. The van der Waals surface area contributed by atoms with E-state index in [1.165, 1.54) is 17.6 Å². The van der Waals surface area contributed by atoms with E-state index >= 15 is 0 Å². The van der Waals surface area contributed by atoms with Crippen molar-refractivity contribution in [3.05, 3.63) is 126 Å². The second-order valence-electron chi connectivity index (χ2n) is 9.38. The summed E-state index contributed by atoms with van der Waals surface area (Å²) < 4.78 is 28.4. The standard InChI is InChI=1S/C31H31N3O7S/c35-30(32-38)29(20-21-33(31(36)37)22-24-10-4-1-5-11-24)34(41-23-25-12-6-2-7-13-25)42(39,40)28-18-16-27(17-19-28)26-14-8-3-9-15-26/h1-19,29,38H,20-23H2,(H,32,35)(H,36,37)/t29-/m1/s1. The molecule has 0 aromatic heterocycles. The van der Waals surface area contributed by atoms with Crippen molar-refractivity contribution in [1.29, 1.82) is 0 Å². The van der Waals surface area contributed by atoms with Crippen molar-refractivity contribution in [3.63, 3.8) is 0 Å². The summed E-state index contributed by atoms with van der Waals surface area (Å²) in [5.74, 6) is -1.07. The van der Waals surface area contributed by atoms with Crippen molar-refractivity contribution in [2.24, 2.45) is 0 Å². The number of hydroxylamine groups is 2. The minimum Gasteiger partial charge on any atom is -0.465 e. The maximum absolute atomic E-state index is 13.9. The van der Waals surface area contributed by atoms with E-state index in [1.807, 2.05) is 30.3 Å². The summed E-state index contributed by atoms with van der Waals surface area (Å²) >= 11 is 0. The fourth-order valence-corrected chi connectivity index (χ4v) is 5.74. The van der Waals surface area contributed by atoms with Gasteiger partial charge in [-0.3, -0.25) is 14.8 Å². The van der Waals surface area contributed by atoms with Crippen LogP contribution >= 0.6 is 0 Å². The van der Waals surface area contributed by atoms with Gasteiger partial charge in [0.2, 0.25) is 0 Å². The highest BCUT2D eigenvalue weighted by Gasteiger charge is 2.38. The zero-order valence-electron chi connectivity index (χ0n) is 22.6. The van der Waals surface area contributed by atoms with Gasteiger partial charge in [-0.25, -0.2) is 18.7 Å². The van der Waals surface area contributed by atoms with Crippen LogP contribution in [-0.2, 0) is 32.8 Å². The van der Waals surface area contributed by atoms with Crippen LogP contribution in [0.2, 0.25) is 0 Å². The van der Waals surface area contributed by atoms with Crippen molar-refractivity contribution in [3.8, 4) is 11.1 Å². The van der Waals surface area contributed by atoms with Crippen molar-refractivity contribution >= 4 is 22.0 Å². The van der Waals surface area contributed by atoms with Crippen LogP contribution in [0.5, 0.6) is 0 Å². The highest BCUT2D eigenvalue weighted by molar-refractivity contribution is 7.89. The van der Waals surface area contributed by atoms with Gasteiger partial charge >= 0.3 is 6.09 Å². The number of hydrogen-bond acceptors (Lipinski definition) is 6. The van der Waals surface area contributed by atoms with Crippen molar-refractivity contribution in [1.82, 2.24) is 14.8 Å². The van der Waals surface area contributed by atoms with Crippen LogP contribution in [0, 0.1) is 0 Å². The molecule has 0 saturated heterocycles. The maximum atomic E-state index is 13.9. The molecule has 0 bridgehead atoms. The van der Waals surface area contributed by atoms with Crippen LogP contribution in [0.25, 0.3) is 11.1 Å². The number of carboxylic acid groups (broad SMARTS) is 1. The van der Waals surface area contributed by atoms with Gasteiger partial charge in [0.15, 0.2) is 0 Å². The first kappa shape index (κ1) is 30.4. The molecule has 0 aliphatic rings. The second kappa shape index (κ2) is 14.4. The molecule has 1 atom stereocenters. The van der Waals surface area contributed by atoms with E-state index in [-0.39, 0.29) is 31.0 Å². The molecular weight excluding hydrogens is 558 g/mol. The third kappa shape index (κ3) is 7.80. The number of carbonyl (C=O) groups is 2. The Labute approximate surface area is 244 Å². The molecule has 0 aliphatic heterocycles. The molecule has 0 unspecified atom stereocenters. The zero-order chi connectivity index (χ0) is 30.0. The number of sulfonamides is 1. The van der Waals surface area contributed by atoms with E-state index in [4.69, 9.17) is 4.84 Å². The van der Waals surface area contributed by atoms with Gasteiger partial charge in [-0.1, -0.05) is 108 Å². The lowest BCUT2D eigenvalue weighted by Crippen LogP contribution is -2.50. The van der Waals surface area contributed by atoms with Crippen molar-refractivity contribution < 1.29 is 33.2 Å². The molecule has 0 aliphatic carbocycles. The molecule has 218 valence electrons. The second-order valence-corrected chi connectivity index (χ2v) is 11.2. The lowest BCUT2D eigenvalue weighted by Gasteiger charge is -2.30. The highest BCUT2D eigenvalue weighted by Crippen LogP contribution is 2.26. The quantitative estimate of drug-likeness (QED) is 0.149. The van der Waals surface area contributed by atoms with Crippen LogP contribution in [0.3, 0.4) is 0 Å². The number of nitrogens with one attached hydrogen (secondary N) is 1. The number of amides is 2. The van der Waals surface area contributed by atoms with E-state index in [9.17, 15) is 28.3 Å². The molecule has 11 heteroatoms. The predicted molar refractivity (Wildman–Crippen MR) is 155 cm³/mol. The van der Waals surface area contributed by atoms with Gasteiger partial charge in [0.1, 0.15) is 6.04 Å². The Kier molecular flexibility index (Phi) is 10.4. The Morgan fingerprint density at radius 3 is 1.83 bits per heavy atom. The summed E-state index contributed by atoms with van der Waals surface area (Å²) in [5, 5.41) is 19.3. The third-order valence-corrected chi connectivity index (χ3v) is 8.23. The van der Waals surface area contributed by atoms with Crippen LogP contribution in [0.15, 0.2) is 120 Å². The summed E-state index contributed by atoms with van der Waals surface area (Å²) in [6, 6.07) is 31.5. The van der Waals surface area contributed by atoms with Crippen molar-refractivity contribution in [2.45, 2.75) is 30.5 Å². The van der Waals surface area contributed by atoms with Crippen LogP contribution in [0.4, 0.5) is 4.79 Å². The van der Waals surface area contributed by atoms with Crippen LogP contribution in [-0.4, -0.2) is 52.7 Å². The Morgan fingerprint density at radius 2 is 1.29 bits per heavy atom. The number of nitrogens with zero attached hydrogens (tertiary/aromatic N) is 2. The average molecular weight is 590 g/mol. The maximum Gasteiger partial charge on any atom is 0.407 e. The topological polar surface area (TPSA) is 136 Å². The highest BCUT2D eigenvalue weighted by atomic mass is 32.2. The normalized spacial score (nSPS) is 12.0. The zero-order valence-corrected chi connectivity index (χ0v) is 23.4. The molecule has 3 N–H and O–H groups in total. The molecule has 2 amide bonds. The van der Waals surface area contributed by atoms with E-state index < -0.39 is 28.1 Å². The summed E-state index contributed by atoms with van der Waals surface area (Å²) in [4.78, 5) is 31.6. The lowest BCUT2D eigenvalue weighted by molar-refractivity contribution is -0.159. The van der Waals surface area contributed by atoms with Gasteiger partial charge in [0, 0.05) is 13.1 Å². The Balaban J connectivity index is 1.64. The smallest absolute Gasteiger partial charge is 0.407 e. The molecule has 0 spiro atoms. The minimum absolute atomic E-state index is 0.0161. The van der Waals surface area contributed by atoms with E-state index in [0.29, 0.717) is 15.6 Å². The molecule has 42 heavy (non-hydrogen) atoms. The molecule has 4 rings (SSSR count). The molecule has 0 fully saturated rings. The fourth-order valence-electron chi connectivity index (χ4n) is 4.32. The average Bonchev–Trinajstić information content (AvgIpc) is 3.02. The molecule has 10 nitrogen and oxygen atoms in total. The fraction of sp³-hybridized carbons (Fsp3) is 0.161. The molecule has 4 aromatic rings. The third-order valence-electron chi connectivity index (χ3n) is 6.52. The summed E-state index contributed by atoms with van der Waals surface area (Å²) in [6.07, 6.45) is -1.56. The predicted octanol–water partition coefficient (Wildman–Crippen LogP) is 4.92. The summed E-state index contributed by atoms with van der Waals surface area (Å²) in [6.45, 7) is -0.414. The van der Waals surface area contributed by atoms with Gasteiger partial charge in [-0.15, -0.1) is 0 Å². The number of benzene rings is 4. The number of carbonyl (C=O) groups excluding carboxylic acids is 1. The molecule has 0 heterocycles. The van der Waals surface area contributed by atoms with Gasteiger partial charge in [0.25, 0.3) is 15.9 Å². The Hall–Kier alpha value is -4.55. The van der Waals surface area contributed by atoms with Crippen LogP contribution < -0.4 is 5.48 Å². The largest absolute Gasteiger partial charge is 0.465 e. The van der Waals surface area contributed by atoms with Gasteiger partial charge in [-0.05, 0) is 40.8 Å². The minimum atomic E-state index is -4.48. The van der Waals surface area contributed by atoms with Crippen molar-refractivity contribution in [2.75, 3.05) is 6.54 Å². The van der Waals surface area contributed by atoms with Crippen LogP contribution in [0.1, 0.15) is 17.5 Å². The first-order valence-electron chi connectivity index (χ1n) is 13.1. The van der Waals surface area contributed by atoms with Gasteiger partial charge < -0.3 is 10.0 Å².